The molecule has 1 N–H and O–H groups in total. The summed E-state index contributed by atoms with van der Waals surface area (Å²) in [4.78, 5) is 10.4. The highest BCUT2D eigenvalue weighted by Gasteiger charge is 2.32. The average molecular weight is 254 g/mol. The zero-order valence-electron chi connectivity index (χ0n) is 9.16. The summed E-state index contributed by atoms with van der Waals surface area (Å²) < 4.78 is 38.2. The Morgan fingerprint density at radius 3 is 2.61 bits per heavy atom. The second kappa shape index (κ2) is 4.64. The minimum atomic E-state index is -4.38. The van der Waals surface area contributed by atoms with Gasteiger partial charge in [-0.2, -0.15) is 18.3 Å². The third-order valence-electron chi connectivity index (χ3n) is 2.48. The first kappa shape index (κ1) is 12.3. The zero-order chi connectivity index (χ0) is 13.2. The number of aromatic nitrogens is 2. The first-order chi connectivity index (χ1) is 8.50. The van der Waals surface area contributed by atoms with Crippen molar-refractivity contribution in [2.24, 2.45) is 0 Å². The average Bonchev–Trinajstić information content (AvgIpc) is 2.76. The van der Waals surface area contributed by atoms with E-state index in [4.69, 9.17) is 0 Å². The van der Waals surface area contributed by atoms with Crippen LogP contribution in [0.4, 0.5) is 13.2 Å². The molecule has 1 aromatic heterocycles. The first-order valence-electron chi connectivity index (χ1n) is 5.15. The van der Waals surface area contributed by atoms with E-state index < -0.39 is 11.7 Å². The van der Waals surface area contributed by atoms with Crippen LogP contribution in [0.25, 0.3) is 0 Å². The van der Waals surface area contributed by atoms with Gasteiger partial charge in [-0.1, -0.05) is 18.2 Å². The topological polar surface area (TPSA) is 45.8 Å². The minimum Gasteiger partial charge on any atom is -0.296 e. The molecule has 3 nitrogen and oxygen atoms in total. The molecule has 0 atom stereocenters. The number of carbonyl (C=O) groups is 1. The smallest absolute Gasteiger partial charge is 0.296 e. The van der Waals surface area contributed by atoms with Gasteiger partial charge in [0.2, 0.25) is 0 Å². The number of hydrogen-bond acceptors (Lipinski definition) is 2. The lowest BCUT2D eigenvalue weighted by Crippen LogP contribution is -2.09. The van der Waals surface area contributed by atoms with Gasteiger partial charge in [-0.25, -0.2) is 0 Å². The Bertz CT molecular complexity index is 560. The molecule has 0 aliphatic carbocycles. The molecule has 2 rings (SSSR count). The van der Waals surface area contributed by atoms with Gasteiger partial charge in [-0.05, 0) is 17.7 Å². The fourth-order valence-corrected chi connectivity index (χ4v) is 1.69. The van der Waals surface area contributed by atoms with Crippen LogP contribution in [0.5, 0.6) is 0 Å². The first-order valence-corrected chi connectivity index (χ1v) is 5.15. The highest BCUT2D eigenvalue weighted by atomic mass is 19.4. The molecule has 1 heterocycles. The zero-order valence-corrected chi connectivity index (χ0v) is 9.16. The van der Waals surface area contributed by atoms with Crippen LogP contribution in [0.3, 0.4) is 0 Å². The number of aldehydes is 1. The Balaban J connectivity index is 2.31. The van der Waals surface area contributed by atoms with Gasteiger partial charge in [0, 0.05) is 12.1 Å². The summed E-state index contributed by atoms with van der Waals surface area (Å²) >= 11 is 0. The van der Waals surface area contributed by atoms with Crippen LogP contribution in [-0.2, 0) is 12.6 Å². The molecule has 6 heteroatoms. The van der Waals surface area contributed by atoms with Crippen molar-refractivity contribution in [3.8, 4) is 0 Å². The van der Waals surface area contributed by atoms with Gasteiger partial charge >= 0.3 is 6.18 Å². The van der Waals surface area contributed by atoms with E-state index >= 15 is 0 Å². The van der Waals surface area contributed by atoms with Crippen LogP contribution in [0.2, 0.25) is 0 Å². The predicted molar refractivity (Wildman–Crippen MR) is 58.2 cm³/mol. The highest BCUT2D eigenvalue weighted by Crippen LogP contribution is 2.32. The third kappa shape index (κ3) is 2.58. The van der Waals surface area contributed by atoms with Gasteiger partial charge in [0.1, 0.15) is 5.69 Å². The number of alkyl halides is 3. The summed E-state index contributed by atoms with van der Waals surface area (Å²) in [6, 6.07) is 6.76. The van der Waals surface area contributed by atoms with E-state index in [1.54, 1.807) is 6.07 Å². The van der Waals surface area contributed by atoms with Crippen molar-refractivity contribution in [1.29, 1.82) is 0 Å². The molecule has 0 unspecified atom stereocenters. The van der Waals surface area contributed by atoms with Gasteiger partial charge in [-0.3, -0.25) is 9.89 Å². The number of H-pyrrole nitrogens is 1. The van der Waals surface area contributed by atoms with E-state index in [-0.39, 0.29) is 17.7 Å². The summed E-state index contributed by atoms with van der Waals surface area (Å²) in [6.07, 6.45) is -3.80. The molecule has 0 fully saturated rings. The fraction of sp³-hybridized carbons (Fsp3) is 0.167. The summed E-state index contributed by atoms with van der Waals surface area (Å²) in [6.45, 7) is 0. The standard InChI is InChI=1S/C12H9F3N2O/c13-12(14,15)11-4-2-1-3-8(11)5-9-6-10(7-18)17-16-9/h1-4,6-7H,5H2,(H,16,17). The van der Waals surface area contributed by atoms with E-state index in [1.165, 1.54) is 18.2 Å². The number of benzene rings is 1. The van der Waals surface area contributed by atoms with E-state index in [1.807, 2.05) is 0 Å². The number of rotatable bonds is 3. The Morgan fingerprint density at radius 1 is 1.28 bits per heavy atom. The molecule has 0 bridgehead atoms. The van der Waals surface area contributed by atoms with Gasteiger partial charge in [0.15, 0.2) is 6.29 Å². The van der Waals surface area contributed by atoms with Crippen molar-refractivity contribution < 1.29 is 18.0 Å². The minimum absolute atomic E-state index is 0.0521. The Kier molecular flexibility index (Phi) is 3.18. The van der Waals surface area contributed by atoms with Crippen LogP contribution in [0.15, 0.2) is 30.3 Å². The number of nitrogens with one attached hydrogen (secondary N) is 1. The van der Waals surface area contributed by atoms with Crippen molar-refractivity contribution in [2.75, 3.05) is 0 Å². The molecule has 0 saturated heterocycles. The molecule has 94 valence electrons. The maximum Gasteiger partial charge on any atom is 0.416 e. The Hall–Kier alpha value is -2.11. The Morgan fingerprint density at radius 2 is 2.00 bits per heavy atom. The molecule has 18 heavy (non-hydrogen) atoms. The third-order valence-corrected chi connectivity index (χ3v) is 2.48. The molecule has 0 saturated carbocycles. The lowest BCUT2D eigenvalue weighted by molar-refractivity contribution is -0.138. The largest absolute Gasteiger partial charge is 0.416 e. The van der Waals surface area contributed by atoms with Crippen LogP contribution >= 0.6 is 0 Å². The number of halogens is 3. The molecule has 0 spiro atoms. The van der Waals surface area contributed by atoms with Gasteiger partial charge in [0.05, 0.1) is 5.56 Å². The molecule has 0 radical (unpaired) electrons. The summed E-state index contributed by atoms with van der Waals surface area (Å²) in [5.41, 5.74) is 0.113. The van der Waals surface area contributed by atoms with Crippen molar-refractivity contribution in [2.45, 2.75) is 12.6 Å². The summed E-state index contributed by atoms with van der Waals surface area (Å²) in [5.74, 6) is 0. The molecule has 2 aromatic rings. The lowest BCUT2D eigenvalue weighted by Gasteiger charge is -2.11. The molecular weight excluding hydrogens is 245 g/mol. The van der Waals surface area contributed by atoms with Crippen LogP contribution < -0.4 is 0 Å². The van der Waals surface area contributed by atoms with Crippen LogP contribution in [0, 0.1) is 0 Å². The van der Waals surface area contributed by atoms with Gasteiger partial charge in [-0.15, -0.1) is 0 Å². The molecule has 1 aromatic carbocycles. The van der Waals surface area contributed by atoms with Crippen LogP contribution in [-0.4, -0.2) is 16.5 Å². The summed E-state index contributed by atoms with van der Waals surface area (Å²) in [7, 11) is 0. The number of aromatic amines is 1. The molecule has 0 aliphatic rings. The van der Waals surface area contributed by atoms with Crippen molar-refractivity contribution in [3.63, 3.8) is 0 Å². The fourth-order valence-electron chi connectivity index (χ4n) is 1.69. The van der Waals surface area contributed by atoms with Gasteiger partial charge < -0.3 is 0 Å². The number of hydrogen-bond donors (Lipinski definition) is 1. The summed E-state index contributed by atoms with van der Waals surface area (Å²) in [5, 5.41) is 6.18. The molecule has 0 aliphatic heterocycles. The monoisotopic (exact) mass is 254 g/mol. The van der Waals surface area contributed by atoms with E-state index in [0.717, 1.165) is 6.07 Å². The molecule has 0 amide bonds. The lowest BCUT2D eigenvalue weighted by atomic mass is 10.0. The number of carbonyl (C=O) groups excluding carboxylic acids is 1. The second-order valence-corrected chi connectivity index (χ2v) is 3.77. The SMILES string of the molecule is O=Cc1cc(Cc2ccccc2C(F)(F)F)[nH]n1. The Labute approximate surface area is 101 Å². The number of nitrogens with zero attached hydrogens (tertiary/aromatic N) is 1. The predicted octanol–water partition coefficient (Wildman–Crippen LogP) is 2.83. The second-order valence-electron chi connectivity index (χ2n) is 3.77. The quantitative estimate of drug-likeness (QED) is 0.856. The van der Waals surface area contributed by atoms with Crippen molar-refractivity contribution in [3.05, 3.63) is 52.8 Å². The highest BCUT2D eigenvalue weighted by molar-refractivity contribution is 5.71. The van der Waals surface area contributed by atoms with Crippen molar-refractivity contribution >= 4 is 6.29 Å². The normalized spacial score (nSPS) is 11.5. The van der Waals surface area contributed by atoms with E-state index in [0.29, 0.717) is 12.0 Å². The van der Waals surface area contributed by atoms with Gasteiger partial charge in [0.25, 0.3) is 0 Å². The maximum absolute atomic E-state index is 12.7. The molecular formula is C12H9F3N2O. The van der Waals surface area contributed by atoms with E-state index in [2.05, 4.69) is 10.2 Å². The van der Waals surface area contributed by atoms with E-state index in [9.17, 15) is 18.0 Å². The van der Waals surface area contributed by atoms with Crippen LogP contribution in [0.1, 0.15) is 27.3 Å². The van der Waals surface area contributed by atoms with Crippen molar-refractivity contribution in [1.82, 2.24) is 10.2 Å². The maximum atomic E-state index is 12.7.